The first-order valence-electron chi connectivity index (χ1n) is 9.24. The summed E-state index contributed by atoms with van der Waals surface area (Å²) in [7, 11) is 0. The number of ether oxygens (including phenoxy) is 2. The lowest BCUT2D eigenvalue weighted by Gasteiger charge is -2.29. The molecule has 0 fully saturated rings. The quantitative estimate of drug-likeness (QED) is 0.672. The molecule has 0 atom stereocenters. The van der Waals surface area contributed by atoms with Gasteiger partial charge in [0.05, 0.1) is 11.4 Å². The zero-order valence-corrected chi connectivity index (χ0v) is 15.6. The lowest BCUT2D eigenvalue weighted by Crippen LogP contribution is -2.47. The normalized spacial score (nSPS) is 14.1. The number of fused-ring (bicyclic) bond motifs is 2. The van der Waals surface area contributed by atoms with E-state index in [0.717, 1.165) is 0 Å². The summed E-state index contributed by atoms with van der Waals surface area (Å²) in [6, 6.07) is 11.9. The van der Waals surface area contributed by atoms with Gasteiger partial charge in [-0.05, 0) is 30.7 Å². The number of amides is 4. The van der Waals surface area contributed by atoms with Crippen molar-refractivity contribution in [3.05, 3.63) is 42.5 Å². The maximum absolute atomic E-state index is 12.5. The van der Waals surface area contributed by atoms with E-state index in [-0.39, 0.29) is 37.6 Å². The van der Waals surface area contributed by atoms with Gasteiger partial charge in [0.1, 0.15) is 6.54 Å². The predicted molar refractivity (Wildman–Crippen MR) is 106 cm³/mol. The van der Waals surface area contributed by atoms with Crippen LogP contribution in [-0.4, -0.2) is 37.7 Å². The van der Waals surface area contributed by atoms with Crippen LogP contribution in [0.3, 0.4) is 0 Å². The lowest BCUT2D eigenvalue weighted by molar-refractivity contribution is -0.116. The minimum absolute atomic E-state index is 0.0482. The molecule has 150 valence electrons. The van der Waals surface area contributed by atoms with E-state index in [1.54, 1.807) is 42.5 Å². The second-order valence-electron chi connectivity index (χ2n) is 6.60. The van der Waals surface area contributed by atoms with Crippen molar-refractivity contribution in [1.29, 1.82) is 0 Å². The number of rotatable bonds is 5. The van der Waals surface area contributed by atoms with Crippen molar-refractivity contribution in [2.75, 3.05) is 35.4 Å². The Kier molecular flexibility index (Phi) is 5.19. The molecule has 2 aliphatic rings. The topological polar surface area (TPSA) is 109 Å². The molecule has 0 radical (unpaired) electrons. The molecule has 0 saturated heterocycles. The second kappa shape index (κ2) is 8.09. The van der Waals surface area contributed by atoms with Crippen molar-refractivity contribution >= 4 is 34.9 Å². The Balaban J connectivity index is 1.24. The van der Waals surface area contributed by atoms with Crippen LogP contribution in [0.4, 0.5) is 21.9 Å². The Morgan fingerprint density at radius 3 is 2.83 bits per heavy atom. The zero-order chi connectivity index (χ0) is 20.2. The van der Waals surface area contributed by atoms with Crippen molar-refractivity contribution in [2.24, 2.45) is 0 Å². The number of para-hydroxylation sites is 2. The molecule has 0 bridgehead atoms. The van der Waals surface area contributed by atoms with Gasteiger partial charge in [-0.15, -0.1) is 0 Å². The fourth-order valence-corrected chi connectivity index (χ4v) is 3.15. The summed E-state index contributed by atoms with van der Waals surface area (Å²) < 4.78 is 10.5. The molecule has 9 nitrogen and oxygen atoms in total. The SMILES string of the molecule is O=C(CCCNC(=O)N1CC(=O)Nc2ccccc21)Nc1ccc2c(c1)OCO2. The molecule has 4 rings (SSSR count). The molecule has 0 aliphatic carbocycles. The Morgan fingerprint density at radius 1 is 1.10 bits per heavy atom. The Bertz CT molecular complexity index is 962. The van der Waals surface area contributed by atoms with E-state index in [9.17, 15) is 14.4 Å². The van der Waals surface area contributed by atoms with Crippen LogP contribution in [-0.2, 0) is 9.59 Å². The highest BCUT2D eigenvalue weighted by atomic mass is 16.7. The highest BCUT2D eigenvalue weighted by molar-refractivity contribution is 6.09. The van der Waals surface area contributed by atoms with Gasteiger partial charge >= 0.3 is 6.03 Å². The minimum Gasteiger partial charge on any atom is -0.454 e. The van der Waals surface area contributed by atoms with Crippen LogP contribution in [0.15, 0.2) is 42.5 Å². The summed E-state index contributed by atoms with van der Waals surface area (Å²) in [6.45, 7) is 0.441. The molecule has 0 spiro atoms. The fraction of sp³-hybridized carbons (Fsp3) is 0.250. The van der Waals surface area contributed by atoms with E-state index >= 15 is 0 Å². The maximum atomic E-state index is 12.5. The molecule has 0 saturated carbocycles. The van der Waals surface area contributed by atoms with Crippen LogP contribution in [0.5, 0.6) is 11.5 Å². The number of carbonyl (C=O) groups is 3. The van der Waals surface area contributed by atoms with Gasteiger partial charge in [-0.2, -0.15) is 0 Å². The summed E-state index contributed by atoms with van der Waals surface area (Å²) >= 11 is 0. The van der Waals surface area contributed by atoms with Gasteiger partial charge in [-0.3, -0.25) is 14.5 Å². The van der Waals surface area contributed by atoms with Crippen molar-refractivity contribution < 1.29 is 23.9 Å². The van der Waals surface area contributed by atoms with Crippen LogP contribution in [0.25, 0.3) is 0 Å². The largest absolute Gasteiger partial charge is 0.454 e. The monoisotopic (exact) mass is 396 g/mol. The van der Waals surface area contributed by atoms with Crippen LogP contribution >= 0.6 is 0 Å². The Morgan fingerprint density at radius 2 is 1.93 bits per heavy atom. The van der Waals surface area contributed by atoms with Gasteiger partial charge in [0.15, 0.2) is 11.5 Å². The van der Waals surface area contributed by atoms with Gasteiger partial charge in [0.2, 0.25) is 18.6 Å². The third-order valence-electron chi connectivity index (χ3n) is 4.53. The first kappa shape index (κ1) is 18.6. The molecular weight excluding hydrogens is 376 g/mol. The number of hydrogen-bond donors (Lipinski definition) is 3. The van der Waals surface area contributed by atoms with Gasteiger partial charge in [-0.25, -0.2) is 4.79 Å². The molecule has 2 aliphatic heterocycles. The third-order valence-corrected chi connectivity index (χ3v) is 4.53. The first-order valence-corrected chi connectivity index (χ1v) is 9.24. The average Bonchev–Trinajstić information content (AvgIpc) is 3.18. The number of benzene rings is 2. The maximum Gasteiger partial charge on any atom is 0.322 e. The summed E-state index contributed by atoms with van der Waals surface area (Å²) in [5, 5.41) is 8.28. The molecule has 29 heavy (non-hydrogen) atoms. The highest BCUT2D eigenvalue weighted by Gasteiger charge is 2.26. The number of hydrogen-bond acceptors (Lipinski definition) is 5. The van der Waals surface area contributed by atoms with Gasteiger partial charge < -0.3 is 25.4 Å². The standard InChI is InChI=1S/C20H20N4O5/c25-18(22-13-7-8-16-17(10-13)29-12-28-16)6-3-9-21-20(27)24-11-19(26)23-14-4-1-2-5-15(14)24/h1-2,4-5,7-8,10H,3,6,9,11-12H2,(H,21,27)(H,22,25)(H,23,26). The van der Waals surface area contributed by atoms with E-state index in [0.29, 0.717) is 41.5 Å². The molecule has 3 N–H and O–H groups in total. The number of carbonyl (C=O) groups excluding carboxylic acids is 3. The van der Waals surface area contributed by atoms with E-state index in [1.807, 2.05) is 0 Å². The van der Waals surface area contributed by atoms with Crippen molar-refractivity contribution in [3.63, 3.8) is 0 Å². The Labute approximate surface area is 167 Å². The smallest absolute Gasteiger partial charge is 0.322 e. The first-order chi connectivity index (χ1) is 14.1. The lowest BCUT2D eigenvalue weighted by atomic mass is 10.2. The van der Waals surface area contributed by atoms with Gasteiger partial charge in [-0.1, -0.05) is 12.1 Å². The number of anilines is 3. The molecule has 0 aromatic heterocycles. The molecular formula is C20H20N4O5. The highest BCUT2D eigenvalue weighted by Crippen LogP contribution is 2.34. The number of nitrogens with zero attached hydrogens (tertiary/aromatic N) is 1. The van der Waals surface area contributed by atoms with E-state index in [1.165, 1.54) is 4.90 Å². The van der Waals surface area contributed by atoms with Crippen molar-refractivity contribution in [1.82, 2.24) is 5.32 Å². The number of urea groups is 1. The summed E-state index contributed by atoms with van der Waals surface area (Å²) in [4.78, 5) is 37.8. The van der Waals surface area contributed by atoms with Crippen LogP contribution in [0.2, 0.25) is 0 Å². The molecule has 4 amide bonds. The summed E-state index contributed by atoms with van der Waals surface area (Å²) in [6.07, 6.45) is 0.704. The third kappa shape index (κ3) is 4.23. The van der Waals surface area contributed by atoms with E-state index in [4.69, 9.17) is 9.47 Å². The fourth-order valence-electron chi connectivity index (χ4n) is 3.15. The van der Waals surface area contributed by atoms with Crippen LogP contribution < -0.4 is 30.3 Å². The van der Waals surface area contributed by atoms with Crippen LogP contribution in [0.1, 0.15) is 12.8 Å². The Hall–Kier alpha value is -3.75. The second-order valence-corrected chi connectivity index (χ2v) is 6.60. The molecule has 2 aromatic carbocycles. The van der Waals surface area contributed by atoms with Crippen molar-refractivity contribution in [2.45, 2.75) is 12.8 Å². The predicted octanol–water partition coefficient (Wildman–Crippen LogP) is 2.30. The van der Waals surface area contributed by atoms with Gasteiger partial charge in [0, 0.05) is 24.7 Å². The van der Waals surface area contributed by atoms with E-state index < -0.39 is 0 Å². The molecule has 9 heteroatoms. The minimum atomic E-state index is -0.372. The molecule has 2 aromatic rings. The van der Waals surface area contributed by atoms with Crippen LogP contribution in [0, 0.1) is 0 Å². The summed E-state index contributed by atoms with van der Waals surface area (Å²) in [5.41, 5.74) is 1.87. The van der Waals surface area contributed by atoms with Gasteiger partial charge in [0.25, 0.3) is 0 Å². The number of nitrogens with one attached hydrogen (secondary N) is 3. The summed E-state index contributed by atoms with van der Waals surface area (Å²) in [5.74, 6) is 0.836. The average molecular weight is 396 g/mol. The van der Waals surface area contributed by atoms with E-state index in [2.05, 4.69) is 16.0 Å². The molecule has 0 unspecified atom stereocenters. The molecule has 2 heterocycles. The van der Waals surface area contributed by atoms with Crippen molar-refractivity contribution in [3.8, 4) is 11.5 Å². The zero-order valence-electron chi connectivity index (χ0n) is 15.6.